The van der Waals surface area contributed by atoms with Crippen molar-refractivity contribution in [2.45, 2.75) is 0 Å². The van der Waals surface area contributed by atoms with Crippen molar-refractivity contribution in [3.05, 3.63) is 218 Å². The van der Waals surface area contributed by atoms with Gasteiger partial charge in [0.1, 0.15) is 11.2 Å². The van der Waals surface area contributed by atoms with Gasteiger partial charge in [-0.15, -0.1) is 0 Å². The molecule has 58 heavy (non-hydrogen) atoms. The maximum atomic E-state index is 6.86. The summed E-state index contributed by atoms with van der Waals surface area (Å²) >= 11 is 0. The van der Waals surface area contributed by atoms with Crippen molar-refractivity contribution in [3.63, 3.8) is 0 Å². The molecule has 3 nitrogen and oxygen atoms in total. The van der Waals surface area contributed by atoms with Crippen LogP contribution in [-0.2, 0) is 0 Å². The molecule has 4 heteroatoms. The van der Waals surface area contributed by atoms with Crippen molar-refractivity contribution in [1.82, 2.24) is 4.57 Å². The summed E-state index contributed by atoms with van der Waals surface area (Å²) in [5.41, 5.74) is 11.2. The van der Waals surface area contributed by atoms with E-state index in [1.54, 1.807) is 0 Å². The SMILES string of the molecule is c1ccc(N(c2ccc3c(c2)[Si](c2ccccc2)(c2ccccc2)c2ccc4c(oc5ccccc54)c2-3)c2ccc3c4ccccc4n(-c4ccccc4)c3c2)cc1. The molecule has 9 aromatic carbocycles. The zero-order valence-electron chi connectivity index (χ0n) is 31.6. The van der Waals surface area contributed by atoms with Crippen LogP contribution in [0.25, 0.3) is 60.6 Å². The number of anilines is 3. The lowest BCUT2D eigenvalue weighted by Crippen LogP contribution is -2.72. The standard InChI is InChI=1S/C54H36N2OSi/c1-5-17-37(18-6-1)55(39-29-31-44-43-25-13-15-27-48(43)56(49(44)35-39)38-19-7-2-8-20-38)40-30-32-47-52(36-40)58(41-21-9-3-10-22-41,42-23-11-4-12-24-42)51-34-33-46-45-26-14-16-28-50(45)57-54(46)53(47)51/h1-36H. The summed E-state index contributed by atoms with van der Waals surface area (Å²) in [5, 5.41) is 10.2. The predicted molar refractivity (Wildman–Crippen MR) is 245 cm³/mol. The lowest BCUT2D eigenvalue weighted by molar-refractivity contribution is 0.670. The van der Waals surface area contributed by atoms with Crippen LogP contribution in [0.1, 0.15) is 0 Å². The molecule has 2 aromatic heterocycles. The Morgan fingerprint density at radius 2 is 0.966 bits per heavy atom. The van der Waals surface area contributed by atoms with Gasteiger partial charge < -0.3 is 13.9 Å². The molecule has 11 aromatic rings. The Hall–Kier alpha value is -7.40. The number of aromatic nitrogens is 1. The van der Waals surface area contributed by atoms with Crippen molar-refractivity contribution in [1.29, 1.82) is 0 Å². The number of para-hydroxylation sites is 4. The molecule has 1 aliphatic heterocycles. The van der Waals surface area contributed by atoms with E-state index in [0.717, 1.165) is 44.7 Å². The Balaban J connectivity index is 1.16. The maximum Gasteiger partial charge on any atom is 0.181 e. The van der Waals surface area contributed by atoms with Crippen LogP contribution >= 0.6 is 0 Å². The smallest absolute Gasteiger partial charge is 0.181 e. The van der Waals surface area contributed by atoms with Crippen molar-refractivity contribution in [3.8, 4) is 16.8 Å². The minimum atomic E-state index is -2.88. The number of hydrogen-bond donors (Lipinski definition) is 0. The first-order valence-electron chi connectivity index (χ1n) is 19.9. The van der Waals surface area contributed by atoms with Crippen LogP contribution in [0.15, 0.2) is 223 Å². The van der Waals surface area contributed by atoms with Gasteiger partial charge in [-0.1, -0.05) is 158 Å². The Bertz CT molecular complexity index is 3300. The highest BCUT2D eigenvalue weighted by atomic mass is 28.3. The quantitative estimate of drug-likeness (QED) is 0.158. The number of hydrogen-bond acceptors (Lipinski definition) is 2. The van der Waals surface area contributed by atoms with E-state index in [-0.39, 0.29) is 0 Å². The van der Waals surface area contributed by atoms with Crippen LogP contribution in [0.4, 0.5) is 17.1 Å². The van der Waals surface area contributed by atoms with Crippen molar-refractivity contribution in [2.75, 3.05) is 4.90 Å². The van der Waals surface area contributed by atoms with Gasteiger partial charge in [-0.3, -0.25) is 0 Å². The molecule has 0 bridgehead atoms. The monoisotopic (exact) mass is 756 g/mol. The first-order chi connectivity index (χ1) is 28.8. The molecule has 0 radical (unpaired) electrons. The largest absolute Gasteiger partial charge is 0.455 e. The first-order valence-corrected chi connectivity index (χ1v) is 21.9. The molecule has 0 atom stereocenters. The Morgan fingerprint density at radius 1 is 0.397 bits per heavy atom. The van der Waals surface area contributed by atoms with E-state index in [1.807, 2.05) is 0 Å². The molecule has 0 spiro atoms. The van der Waals surface area contributed by atoms with Gasteiger partial charge in [0.05, 0.1) is 11.0 Å². The molecule has 0 aliphatic carbocycles. The van der Waals surface area contributed by atoms with E-state index in [9.17, 15) is 0 Å². The highest BCUT2D eigenvalue weighted by Gasteiger charge is 2.50. The number of nitrogens with zero attached hydrogens (tertiary/aromatic N) is 2. The van der Waals surface area contributed by atoms with Gasteiger partial charge in [0.15, 0.2) is 8.07 Å². The lowest BCUT2D eigenvalue weighted by atomic mass is 10.0. The van der Waals surface area contributed by atoms with Crippen LogP contribution in [0.2, 0.25) is 0 Å². The molecule has 0 saturated carbocycles. The maximum absolute atomic E-state index is 6.86. The number of rotatable bonds is 6. The van der Waals surface area contributed by atoms with E-state index in [2.05, 4.69) is 228 Å². The number of benzene rings is 9. The Kier molecular flexibility index (Phi) is 7.25. The van der Waals surface area contributed by atoms with Gasteiger partial charge in [-0.05, 0) is 87.0 Å². The highest BCUT2D eigenvalue weighted by Crippen LogP contribution is 2.43. The molecule has 0 amide bonds. The summed E-state index contributed by atoms with van der Waals surface area (Å²) in [6.45, 7) is 0. The van der Waals surface area contributed by atoms with Crippen molar-refractivity contribution >= 4 is 89.6 Å². The number of fused-ring (bicyclic) bond motifs is 10. The molecular weight excluding hydrogens is 721 g/mol. The van der Waals surface area contributed by atoms with Crippen LogP contribution in [0, 0.1) is 0 Å². The fourth-order valence-electron chi connectivity index (χ4n) is 9.86. The van der Waals surface area contributed by atoms with Gasteiger partial charge in [0.2, 0.25) is 0 Å². The second kappa shape index (κ2) is 12.8. The topological polar surface area (TPSA) is 21.3 Å². The molecular formula is C54H36N2OSi. The Morgan fingerprint density at radius 3 is 1.71 bits per heavy atom. The van der Waals surface area contributed by atoms with E-state index in [4.69, 9.17) is 4.42 Å². The van der Waals surface area contributed by atoms with Gasteiger partial charge in [0, 0.05) is 49.9 Å². The second-order valence-electron chi connectivity index (χ2n) is 15.2. The molecule has 12 rings (SSSR count). The Labute approximate surface area is 337 Å². The molecule has 272 valence electrons. The first kappa shape index (κ1) is 32.8. The van der Waals surface area contributed by atoms with E-state index < -0.39 is 8.07 Å². The zero-order chi connectivity index (χ0) is 38.2. The average Bonchev–Trinajstić information content (AvgIpc) is 3.94. The molecule has 0 fully saturated rings. The minimum Gasteiger partial charge on any atom is -0.455 e. The van der Waals surface area contributed by atoms with Crippen LogP contribution < -0.4 is 25.6 Å². The summed E-state index contributed by atoms with van der Waals surface area (Å²) in [4.78, 5) is 2.43. The molecule has 0 N–H and O–H groups in total. The number of furan rings is 1. The normalized spacial score (nSPS) is 13.0. The summed E-state index contributed by atoms with van der Waals surface area (Å²) in [6, 6.07) is 80.0. The third-order valence-corrected chi connectivity index (χ3v) is 17.1. The third-order valence-electron chi connectivity index (χ3n) is 12.2. The van der Waals surface area contributed by atoms with Gasteiger partial charge in [0.25, 0.3) is 0 Å². The third kappa shape index (κ3) is 4.67. The minimum absolute atomic E-state index is 0.918. The predicted octanol–water partition coefficient (Wildman–Crippen LogP) is 11.5. The summed E-state index contributed by atoms with van der Waals surface area (Å²) in [7, 11) is -2.88. The van der Waals surface area contributed by atoms with Crippen LogP contribution in [0.3, 0.4) is 0 Å². The zero-order valence-corrected chi connectivity index (χ0v) is 32.6. The fraction of sp³-hybridized carbons (Fsp3) is 0. The summed E-state index contributed by atoms with van der Waals surface area (Å²) in [6.07, 6.45) is 0. The summed E-state index contributed by atoms with van der Waals surface area (Å²) < 4.78 is 9.26. The molecule has 0 saturated heterocycles. The van der Waals surface area contributed by atoms with Gasteiger partial charge in [-0.2, -0.15) is 0 Å². The van der Waals surface area contributed by atoms with E-state index in [1.165, 1.54) is 53.7 Å². The summed E-state index contributed by atoms with van der Waals surface area (Å²) in [5.74, 6) is 0. The second-order valence-corrected chi connectivity index (χ2v) is 19.0. The van der Waals surface area contributed by atoms with Crippen LogP contribution in [-0.4, -0.2) is 12.6 Å². The van der Waals surface area contributed by atoms with E-state index in [0.29, 0.717) is 0 Å². The van der Waals surface area contributed by atoms with Crippen LogP contribution in [0.5, 0.6) is 0 Å². The average molecular weight is 757 g/mol. The van der Waals surface area contributed by atoms with Crippen molar-refractivity contribution in [2.24, 2.45) is 0 Å². The highest BCUT2D eigenvalue weighted by molar-refractivity contribution is 7.22. The van der Waals surface area contributed by atoms with Gasteiger partial charge >= 0.3 is 0 Å². The molecule has 0 unspecified atom stereocenters. The van der Waals surface area contributed by atoms with E-state index >= 15 is 0 Å². The van der Waals surface area contributed by atoms with Crippen molar-refractivity contribution < 1.29 is 4.42 Å². The lowest BCUT2D eigenvalue weighted by Gasteiger charge is -2.32. The van der Waals surface area contributed by atoms with Gasteiger partial charge in [-0.25, -0.2) is 0 Å². The molecule has 3 heterocycles. The molecule has 1 aliphatic rings. The fourth-order valence-corrected chi connectivity index (χ4v) is 15.0.